The summed E-state index contributed by atoms with van der Waals surface area (Å²) in [6, 6.07) is 9.45. The average Bonchev–Trinajstić information content (AvgIpc) is 2.54. The molecule has 0 radical (unpaired) electrons. The van der Waals surface area contributed by atoms with Crippen LogP contribution in [0.25, 0.3) is 6.08 Å². The average molecular weight is 325 g/mol. The van der Waals surface area contributed by atoms with Crippen molar-refractivity contribution in [2.75, 3.05) is 0 Å². The first kappa shape index (κ1) is 17.7. The summed E-state index contributed by atoms with van der Waals surface area (Å²) >= 11 is 0. The van der Waals surface area contributed by atoms with E-state index < -0.39 is 0 Å². The SMILES string of the molecule is CCCc1cccc(Oc2ccc(/C=C/[C@H](C)NC(C)=O)cn2)n1. The fourth-order valence-electron chi connectivity index (χ4n) is 2.19. The highest BCUT2D eigenvalue weighted by Gasteiger charge is 2.02. The number of aryl methyl sites for hydroxylation is 1. The molecular weight excluding hydrogens is 302 g/mol. The van der Waals surface area contributed by atoms with Crippen LogP contribution in [0.1, 0.15) is 38.4 Å². The van der Waals surface area contributed by atoms with Crippen LogP contribution in [-0.4, -0.2) is 21.9 Å². The van der Waals surface area contributed by atoms with E-state index >= 15 is 0 Å². The second-order valence-corrected chi connectivity index (χ2v) is 5.60. The van der Waals surface area contributed by atoms with E-state index in [1.165, 1.54) is 6.92 Å². The number of nitrogens with zero attached hydrogens (tertiary/aromatic N) is 2. The lowest BCUT2D eigenvalue weighted by Gasteiger charge is -2.07. The van der Waals surface area contributed by atoms with Gasteiger partial charge in [0.1, 0.15) is 0 Å². The smallest absolute Gasteiger partial charge is 0.221 e. The van der Waals surface area contributed by atoms with E-state index in [0.717, 1.165) is 24.1 Å². The van der Waals surface area contributed by atoms with E-state index in [-0.39, 0.29) is 11.9 Å². The minimum absolute atomic E-state index is 0.0241. The Bertz CT molecular complexity index is 696. The van der Waals surface area contributed by atoms with E-state index in [9.17, 15) is 4.79 Å². The zero-order valence-corrected chi connectivity index (χ0v) is 14.3. The Labute approximate surface area is 142 Å². The molecule has 2 aromatic rings. The van der Waals surface area contributed by atoms with Crippen LogP contribution < -0.4 is 10.1 Å². The molecule has 0 saturated heterocycles. The summed E-state index contributed by atoms with van der Waals surface area (Å²) in [5.41, 5.74) is 1.95. The molecule has 0 aliphatic heterocycles. The molecule has 5 heteroatoms. The summed E-state index contributed by atoms with van der Waals surface area (Å²) < 4.78 is 5.70. The maximum atomic E-state index is 11.0. The number of aromatic nitrogens is 2. The lowest BCUT2D eigenvalue weighted by atomic mass is 10.2. The minimum Gasteiger partial charge on any atom is -0.421 e. The van der Waals surface area contributed by atoms with E-state index in [0.29, 0.717) is 11.8 Å². The second-order valence-electron chi connectivity index (χ2n) is 5.60. The summed E-state index contributed by atoms with van der Waals surface area (Å²) in [6.45, 7) is 5.54. The van der Waals surface area contributed by atoms with Crippen molar-refractivity contribution < 1.29 is 9.53 Å². The van der Waals surface area contributed by atoms with Gasteiger partial charge in [0, 0.05) is 37.0 Å². The Morgan fingerprint density at radius 3 is 2.79 bits per heavy atom. The van der Waals surface area contributed by atoms with Crippen molar-refractivity contribution >= 4 is 12.0 Å². The van der Waals surface area contributed by atoms with Gasteiger partial charge in [-0.05, 0) is 31.0 Å². The van der Waals surface area contributed by atoms with Crippen LogP contribution in [0.15, 0.2) is 42.6 Å². The van der Waals surface area contributed by atoms with Crippen LogP contribution in [0.3, 0.4) is 0 Å². The van der Waals surface area contributed by atoms with Gasteiger partial charge in [-0.1, -0.05) is 31.6 Å². The Morgan fingerprint density at radius 1 is 1.29 bits per heavy atom. The van der Waals surface area contributed by atoms with E-state index in [1.54, 1.807) is 12.3 Å². The van der Waals surface area contributed by atoms with Crippen LogP contribution in [0, 0.1) is 0 Å². The molecule has 0 aliphatic rings. The highest BCUT2D eigenvalue weighted by Crippen LogP contribution is 2.18. The van der Waals surface area contributed by atoms with Gasteiger partial charge in [0.2, 0.25) is 17.7 Å². The zero-order chi connectivity index (χ0) is 17.4. The molecule has 0 saturated carbocycles. The number of rotatable bonds is 7. The van der Waals surface area contributed by atoms with Gasteiger partial charge < -0.3 is 10.1 Å². The zero-order valence-electron chi connectivity index (χ0n) is 14.3. The molecule has 2 rings (SSSR count). The van der Waals surface area contributed by atoms with Crippen molar-refractivity contribution in [1.29, 1.82) is 0 Å². The molecule has 24 heavy (non-hydrogen) atoms. The lowest BCUT2D eigenvalue weighted by Crippen LogP contribution is -2.28. The van der Waals surface area contributed by atoms with Gasteiger partial charge in [0.05, 0.1) is 0 Å². The number of carbonyl (C=O) groups excluding carboxylic acids is 1. The van der Waals surface area contributed by atoms with Crippen LogP contribution in [0.2, 0.25) is 0 Å². The van der Waals surface area contributed by atoms with Gasteiger partial charge >= 0.3 is 0 Å². The number of nitrogens with one attached hydrogen (secondary N) is 1. The molecule has 2 heterocycles. The van der Waals surface area contributed by atoms with E-state index in [2.05, 4.69) is 22.2 Å². The Balaban J connectivity index is 1.98. The maximum absolute atomic E-state index is 11.0. The molecule has 0 bridgehead atoms. The number of hydrogen-bond donors (Lipinski definition) is 1. The third kappa shape index (κ3) is 5.83. The van der Waals surface area contributed by atoms with Crippen molar-refractivity contribution in [1.82, 2.24) is 15.3 Å². The van der Waals surface area contributed by atoms with Crippen molar-refractivity contribution in [3.8, 4) is 11.8 Å². The molecule has 0 aliphatic carbocycles. The number of amides is 1. The third-order valence-electron chi connectivity index (χ3n) is 3.26. The molecule has 1 N–H and O–H groups in total. The van der Waals surface area contributed by atoms with Gasteiger partial charge in [-0.2, -0.15) is 0 Å². The van der Waals surface area contributed by atoms with E-state index in [4.69, 9.17) is 4.74 Å². The van der Waals surface area contributed by atoms with Crippen LogP contribution in [-0.2, 0) is 11.2 Å². The number of ether oxygens (including phenoxy) is 1. The van der Waals surface area contributed by atoms with Gasteiger partial charge in [-0.3, -0.25) is 4.79 Å². The summed E-state index contributed by atoms with van der Waals surface area (Å²) in [6.07, 6.45) is 7.53. The largest absolute Gasteiger partial charge is 0.421 e. The summed E-state index contributed by atoms with van der Waals surface area (Å²) in [7, 11) is 0. The van der Waals surface area contributed by atoms with Gasteiger partial charge in [-0.15, -0.1) is 0 Å². The monoisotopic (exact) mass is 325 g/mol. The molecule has 0 aromatic carbocycles. The second kappa shape index (κ2) is 8.82. The van der Waals surface area contributed by atoms with Gasteiger partial charge in [0.25, 0.3) is 0 Å². The predicted molar refractivity (Wildman–Crippen MR) is 94.9 cm³/mol. The molecule has 1 atom stereocenters. The maximum Gasteiger partial charge on any atom is 0.221 e. The Morgan fingerprint density at radius 2 is 2.12 bits per heavy atom. The summed E-state index contributed by atoms with van der Waals surface area (Å²) in [4.78, 5) is 19.7. The number of pyridine rings is 2. The Hall–Kier alpha value is -2.69. The minimum atomic E-state index is -0.0492. The number of carbonyl (C=O) groups is 1. The molecule has 1 amide bonds. The quantitative estimate of drug-likeness (QED) is 0.842. The number of hydrogen-bond acceptors (Lipinski definition) is 4. The topological polar surface area (TPSA) is 64.1 Å². The molecule has 5 nitrogen and oxygen atoms in total. The third-order valence-corrected chi connectivity index (χ3v) is 3.26. The fourth-order valence-corrected chi connectivity index (χ4v) is 2.19. The normalized spacial score (nSPS) is 12.1. The molecular formula is C19H23N3O2. The summed E-state index contributed by atoms with van der Waals surface area (Å²) in [5, 5.41) is 2.79. The fraction of sp³-hybridized carbons (Fsp3) is 0.316. The van der Waals surface area contributed by atoms with Gasteiger partial charge in [-0.25, -0.2) is 9.97 Å². The predicted octanol–water partition coefficient (Wildman–Crippen LogP) is 3.76. The van der Waals surface area contributed by atoms with Crippen LogP contribution in [0.4, 0.5) is 0 Å². The Kier molecular flexibility index (Phi) is 6.49. The van der Waals surface area contributed by atoms with Crippen molar-refractivity contribution in [3.05, 3.63) is 53.9 Å². The first-order valence-electron chi connectivity index (χ1n) is 8.12. The molecule has 0 fully saturated rings. The van der Waals surface area contributed by atoms with Crippen LogP contribution in [0.5, 0.6) is 11.8 Å². The van der Waals surface area contributed by atoms with Gasteiger partial charge in [0.15, 0.2) is 0 Å². The first-order chi connectivity index (χ1) is 11.6. The molecule has 0 unspecified atom stereocenters. The molecule has 126 valence electrons. The van der Waals surface area contributed by atoms with Crippen molar-refractivity contribution in [2.24, 2.45) is 0 Å². The molecule has 0 spiro atoms. The first-order valence-corrected chi connectivity index (χ1v) is 8.12. The van der Waals surface area contributed by atoms with Crippen LogP contribution >= 0.6 is 0 Å². The lowest BCUT2D eigenvalue weighted by molar-refractivity contribution is -0.119. The highest BCUT2D eigenvalue weighted by molar-refractivity contribution is 5.73. The van der Waals surface area contributed by atoms with Crippen molar-refractivity contribution in [2.45, 2.75) is 39.7 Å². The highest BCUT2D eigenvalue weighted by atomic mass is 16.5. The van der Waals surface area contributed by atoms with E-state index in [1.807, 2.05) is 43.3 Å². The summed E-state index contributed by atoms with van der Waals surface area (Å²) in [5.74, 6) is 1.01. The standard InChI is InChI=1S/C19H23N3O2/c1-4-6-17-7-5-8-19(22-17)24-18-12-11-16(13-20-18)10-9-14(2)21-15(3)23/h5,7-14H,4,6H2,1-3H3,(H,21,23)/b10-9+/t14-/m0/s1. The van der Waals surface area contributed by atoms with Crippen molar-refractivity contribution in [3.63, 3.8) is 0 Å². The molecule has 2 aromatic heterocycles.